The van der Waals surface area contributed by atoms with Crippen LogP contribution in [0.5, 0.6) is 0 Å². The van der Waals surface area contributed by atoms with Gasteiger partial charge in [0.05, 0.1) is 16.7 Å². The maximum Gasteiger partial charge on any atom is 0.164 e. The molecule has 13 aromatic rings. The van der Waals surface area contributed by atoms with Crippen molar-refractivity contribution in [3.63, 3.8) is 0 Å². The maximum atomic E-state index is 6.33. The lowest BCUT2D eigenvalue weighted by atomic mass is 10.0. The summed E-state index contributed by atoms with van der Waals surface area (Å²) >= 11 is 1.85. The number of furan rings is 1. The van der Waals surface area contributed by atoms with Crippen molar-refractivity contribution in [2.24, 2.45) is 0 Å². The molecule has 0 atom stereocenters. The fourth-order valence-corrected chi connectivity index (χ4v) is 11.0. The molecule has 0 amide bonds. The van der Waals surface area contributed by atoms with Crippen LogP contribution in [0.25, 0.3) is 122 Å². The summed E-state index contributed by atoms with van der Waals surface area (Å²) in [4.78, 5) is 18.1. The Morgan fingerprint density at radius 2 is 1.05 bits per heavy atom. The van der Waals surface area contributed by atoms with Crippen LogP contribution in [0.3, 0.4) is 0 Å². The lowest BCUT2D eigenvalue weighted by Crippen LogP contribution is -2.05. The molecule has 6 nitrogen and oxygen atoms in total. The molecule has 14 rings (SSSR count). The largest absolute Gasteiger partial charge is 0.456 e. The van der Waals surface area contributed by atoms with Gasteiger partial charge in [0, 0.05) is 59.1 Å². The van der Waals surface area contributed by atoms with E-state index in [-0.39, 0.29) is 0 Å². The third-order valence-electron chi connectivity index (χ3n) is 12.7. The average Bonchev–Trinajstić information content (AvgIpc) is 4.02. The summed E-state index contributed by atoms with van der Waals surface area (Å²) < 4.78 is 11.3. The van der Waals surface area contributed by atoms with Crippen molar-refractivity contribution in [3.8, 4) is 56.7 Å². The Labute approximate surface area is 370 Å². The van der Waals surface area contributed by atoms with E-state index in [1.54, 1.807) is 0 Å². The number of hydrogen-bond acceptors (Lipinski definition) is 5. The predicted molar refractivity (Wildman–Crippen MR) is 262 cm³/mol. The number of rotatable bonds is 5. The molecule has 0 unspecified atom stereocenters. The molecule has 1 aliphatic rings. The topological polar surface area (TPSA) is 61.7 Å². The molecule has 298 valence electrons. The van der Waals surface area contributed by atoms with Crippen LogP contribution in [0.2, 0.25) is 0 Å². The van der Waals surface area contributed by atoms with Gasteiger partial charge in [-0.3, -0.25) is 9.13 Å². The Kier molecular flexibility index (Phi) is 7.52. The van der Waals surface area contributed by atoms with Gasteiger partial charge < -0.3 is 4.42 Å². The molecule has 0 spiro atoms. The van der Waals surface area contributed by atoms with Gasteiger partial charge in [-0.2, -0.15) is 0 Å². The second kappa shape index (κ2) is 13.6. The summed E-state index contributed by atoms with van der Waals surface area (Å²) in [6, 6.07) is 70.8. The van der Waals surface area contributed by atoms with E-state index < -0.39 is 0 Å². The SMILES string of the molecule is c1ccc(-n2c3cc(-c4cccc(-c5nc(-c6ccc7c(c6)oc6ccccc67)nc(-c6cccc7ccccc67)n5)c4)ccc3c3c4cccc5c4n(c32)-c2ccccc2S5)cc1. The van der Waals surface area contributed by atoms with Crippen LogP contribution in [-0.2, 0) is 0 Å². The van der Waals surface area contributed by atoms with Gasteiger partial charge in [0.15, 0.2) is 17.5 Å². The summed E-state index contributed by atoms with van der Waals surface area (Å²) in [5, 5.41) is 8.09. The molecular weight excluding hydrogens is 803 g/mol. The van der Waals surface area contributed by atoms with E-state index in [1.807, 2.05) is 36.0 Å². The first kappa shape index (κ1) is 35.3. The van der Waals surface area contributed by atoms with Crippen LogP contribution in [0, 0.1) is 0 Å². The molecule has 0 N–H and O–H groups in total. The zero-order chi connectivity index (χ0) is 41.9. The van der Waals surface area contributed by atoms with Gasteiger partial charge in [-0.1, -0.05) is 151 Å². The molecule has 1 aliphatic heterocycles. The Bertz CT molecular complexity index is 4060. The van der Waals surface area contributed by atoms with E-state index in [9.17, 15) is 0 Å². The summed E-state index contributed by atoms with van der Waals surface area (Å²) in [6.45, 7) is 0. The van der Waals surface area contributed by atoms with Gasteiger partial charge in [0.25, 0.3) is 0 Å². The third-order valence-corrected chi connectivity index (χ3v) is 13.9. The first-order valence-corrected chi connectivity index (χ1v) is 22.2. The molecule has 9 aromatic carbocycles. The highest BCUT2D eigenvalue weighted by molar-refractivity contribution is 7.99. The van der Waals surface area contributed by atoms with E-state index in [0.717, 1.165) is 71.7 Å². The zero-order valence-electron chi connectivity index (χ0n) is 34.1. The molecule has 0 fully saturated rings. The normalized spacial score (nSPS) is 12.3. The minimum atomic E-state index is 0.582. The van der Waals surface area contributed by atoms with Gasteiger partial charge >= 0.3 is 0 Å². The lowest BCUT2D eigenvalue weighted by molar-refractivity contribution is 0.669. The second-order valence-corrected chi connectivity index (χ2v) is 17.5. The van der Waals surface area contributed by atoms with Gasteiger partial charge in [0.1, 0.15) is 16.8 Å². The Morgan fingerprint density at radius 1 is 0.406 bits per heavy atom. The quantitative estimate of drug-likeness (QED) is 0.173. The van der Waals surface area contributed by atoms with E-state index in [1.165, 1.54) is 42.8 Å². The second-order valence-electron chi connectivity index (χ2n) is 16.4. The van der Waals surface area contributed by atoms with Gasteiger partial charge in [0.2, 0.25) is 0 Å². The summed E-state index contributed by atoms with van der Waals surface area (Å²) in [7, 11) is 0. The van der Waals surface area contributed by atoms with Gasteiger partial charge in [-0.05, 0) is 82.6 Å². The van der Waals surface area contributed by atoms with E-state index in [4.69, 9.17) is 19.4 Å². The first-order chi connectivity index (χ1) is 31.7. The molecular formula is C57H33N5OS. The van der Waals surface area contributed by atoms with Crippen LogP contribution >= 0.6 is 11.8 Å². The number of hydrogen-bond donors (Lipinski definition) is 0. The maximum absolute atomic E-state index is 6.33. The molecule has 0 bridgehead atoms. The molecule has 7 heteroatoms. The highest BCUT2D eigenvalue weighted by Gasteiger charge is 2.28. The monoisotopic (exact) mass is 835 g/mol. The highest BCUT2D eigenvalue weighted by Crippen LogP contribution is 2.50. The predicted octanol–water partition coefficient (Wildman–Crippen LogP) is 15.1. The summed E-state index contributed by atoms with van der Waals surface area (Å²) in [5.74, 6) is 1.80. The Balaban J connectivity index is 0.965. The van der Waals surface area contributed by atoms with Crippen molar-refractivity contribution in [1.82, 2.24) is 24.1 Å². The van der Waals surface area contributed by atoms with Crippen LogP contribution in [0.15, 0.2) is 214 Å². The van der Waals surface area contributed by atoms with Crippen LogP contribution in [0.4, 0.5) is 0 Å². The summed E-state index contributed by atoms with van der Waals surface area (Å²) in [5.41, 5.74) is 12.4. The van der Waals surface area contributed by atoms with E-state index in [0.29, 0.717) is 17.5 Å². The van der Waals surface area contributed by atoms with E-state index in [2.05, 4.69) is 185 Å². The standard InChI is InChI=1S/C57H33N5OS/c1-2-17-39(18-3-1)61-47-32-36(27-30-44(47)52-45-22-12-26-51-53(45)62(57(52)61)46-23-7-9-25-50(46)64-51)35-15-10-16-37(31-35)54-58-55(38-28-29-42-41-20-6-8-24-48(41)63-49(42)33-38)60-56(59-54)43-21-11-14-34-13-4-5-19-40(34)43/h1-33H. The van der Waals surface area contributed by atoms with E-state index >= 15 is 0 Å². The van der Waals surface area contributed by atoms with Crippen LogP contribution in [-0.4, -0.2) is 24.1 Å². The first-order valence-electron chi connectivity index (χ1n) is 21.4. The Morgan fingerprint density at radius 3 is 1.97 bits per heavy atom. The van der Waals surface area contributed by atoms with Crippen molar-refractivity contribution < 1.29 is 4.42 Å². The minimum Gasteiger partial charge on any atom is -0.456 e. The van der Waals surface area contributed by atoms with Crippen molar-refractivity contribution >= 4 is 77.3 Å². The molecule has 0 saturated carbocycles. The molecule has 0 aliphatic carbocycles. The lowest BCUT2D eigenvalue weighted by Gasteiger charge is -2.21. The molecule has 0 saturated heterocycles. The fourth-order valence-electron chi connectivity index (χ4n) is 9.87. The van der Waals surface area contributed by atoms with Gasteiger partial charge in [-0.15, -0.1) is 0 Å². The number of fused-ring (bicyclic) bond motifs is 11. The number of aromatic nitrogens is 5. The number of benzene rings is 9. The zero-order valence-corrected chi connectivity index (χ0v) is 34.9. The smallest absolute Gasteiger partial charge is 0.164 e. The Hall–Kier alpha value is -8.26. The molecule has 5 heterocycles. The highest BCUT2D eigenvalue weighted by atomic mass is 32.2. The van der Waals surface area contributed by atoms with Crippen LogP contribution in [0.1, 0.15) is 0 Å². The van der Waals surface area contributed by atoms with Crippen molar-refractivity contribution in [3.05, 3.63) is 200 Å². The molecule has 0 radical (unpaired) electrons. The average molecular weight is 836 g/mol. The molecule has 4 aromatic heterocycles. The third kappa shape index (κ3) is 5.25. The van der Waals surface area contributed by atoms with Crippen molar-refractivity contribution in [1.29, 1.82) is 0 Å². The minimum absolute atomic E-state index is 0.582. The van der Waals surface area contributed by atoms with Crippen LogP contribution < -0.4 is 0 Å². The number of para-hydroxylation sites is 4. The number of nitrogens with zero attached hydrogens (tertiary/aromatic N) is 5. The molecule has 64 heavy (non-hydrogen) atoms. The van der Waals surface area contributed by atoms with Crippen molar-refractivity contribution in [2.45, 2.75) is 9.79 Å². The fraction of sp³-hybridized carbons (Fsp3) is 0. The summed E-state index contributed by atoms with van der Waals surface area (Å²) in [6.07, 6.45) is 0. The van der Waals surface area contributed by atoms with Gasteiger partial charge in [-0.25, -0.2) is 15.0 Å². The van der Waals surface area contributed by atoms with Crippen molar-refractivity contribution in [2.75, 3.05) is 0 Å².